The summed E-state index contributed by atoms with van der Waals surface area (Å²) in [5.41, 5.74) is 7.58. The molecule has 0 atom stereocenters. The summed E-state index contributed by atoms with van der Waals surface area (Å²) in [4.78, 5) is 4.01. The van der Waals surface area contributed by atoms with E-state index in [-0.39, 0.29) is 0 Å². The maximum Gasteiger partial charge on any atom is 0.150 e. The zero-order valence-electron chi connectivity index (χ0n) is 8.77. The first-order valence-electron chi connectivity index (χ1n) is 4.80. The summed E-state index contributed by atoms with van der Waals surface area (Å²) in [5, 5.41) is 0. The smallest absolute Gasteiger partial charge is 0.150 e. The summed E-state index contributed by atoms with van der Waals surface area (Å²) in [6.45, 7) is 1.99. The summed E-state index contributed by atoms with van der Waals surface area (Å²) < 4.78 is 6.50. The van der Waals surface area contributed by atoms with Crippen LogP contribution in [0, 0.1) is 6.92 Å². The van der Waals surface area contributed by atoms with Gasteiger partial charge in [-0.25, -0.2) is 0 Å². The molecule has 16 heavy (non-hydrogen) atoms. The molecule has 0 spiro atoms. The number of nitrogens with zero attached hydrogens (tertiary/aromatic N) is 1. The molecule has 0 aliphatic carbocycles. The van der Waals surface area contributed by atoms with Gasteiger partial charge in [-0.1, -0.05) is 6.07 Å². The van der Waals surface area contributed by atoms with E-state index >= 15 is 0 Å². The molecule has 0 aliphatic rings. The van der Waals surface area contributed by atoms with Crippen LogP contribution in [0.3, 0.4) is 0 Å². The van der Waals surface area contributed by atoms with Gasteiger partial charge in [-0.2, -0.15) is 0 Å². The number of rotatable bonds is 2. The number of hydrogen-bond donors (Lipinski definition) is 1. The van der Waals surface area contributed by atoms with Crippen LogP contribution >= 0.6 is 15.9 Å². The predicted molar refractivity (Wildman–Crippen MR) is 67.6 cm³/mol. The topological polar surface area (TPSA) is 48.1 Å². The zero-order valence-corrected chi connectivity index (χ0v) is 10.4. The average molecular weight is 279 g/mol. The monoisotopic (exact) mass is 278 g/mol. The fourth-order valence-electron chi connectivity index (χ4n) is 1.34. The quantitative estimate of drug-likeness (QED) is 0.855. The van der Waals surface area contributed by atoms with Crippen LogP contribution in [0.15, 0.2) is 41.1 Å². The van der Waals surface area contributed by atoms with Gasteiger partial charge >= 0.3 is 0 Å². The number of ether oxygens (including phenoxy) is 1. The van der Waals surface area contributed by atoms with Crippen LogP contribution in [0.2, 0.25) is 0 Å². The summed E-state index contributed by atoms with van der Waals surface area (Å²) in [6.07, 6.45) is 3.34. The van der Waals surface area contributed by atoms with Gasteiger partial charge in [0.15, 0.2) is 0 Å². The Bertz CT molecular complexity index is 514. The predicted octanol–water partition coefficient (Wildman–Crippen LogP) is 3.53. The van der Waals surface area contributed by atoms with E-state index in [0.717, 1.165) is 10.0 Å². The highest BCUT2D eigenvalue weighted by Crippen LogP contribution is 2.28. The second-order valence-electron chi connectivity index (χ2n) is 3.48. The Balaban J connectivity index is 2.27. The molecule has 82 valence electrons. The third kappa shape index (κ3) is 2.52. The molecule has 4 heteroatoms. The van der Waals surface area contributed by atoms with Crippen LogP contribution < -0.4 is 10.5 Å². The van der Waals surface area contributed by atoms with E-state index in [1.807, 2.05) is 31.2 Å². The summed E-state index contributed by atoms with van der Waals surface area (Å²) >= 11 is 3.33. The maximum absolute atomic E-state index is 5.85. The van der Waals surface area contributed by atoms with Crippen molar-refractivity contribution in [1.29, 1.82) is 0 Å². The standard InChI is InChI=1S/C12H11BrN2O/c1-8-2-3-12(11(14)4-8)16-10-5-9(13)6-15-7-10/h2-7H,14H2,1H3. The Morgan fingerprint density at radius 2 is 2.06 bits per heavy atom. The molecule has 0 aliphatic heterocycles. The summed E-state index contributed by atoms with van der Waals surface area (Å²) in [6, 6.07) is 7.52. The minimum atomic E-state index is 0.625. The molecule has 1 aromatic carbocycles. The lowest BCUT2D eigenvalue weighted by Gasteiger charge is -2.08. The Hall–Kier alpha value is -1.55. The van der Waals surface area contributed by atoms with Crippen LogP contribution in [0.4, 0.5) is 5.69 Å². The number of nitrogen functional groups attached to an aromatic ring is 1. The first-order valence-corrected chi connectivity index (χ1v) is 5.59. The Morgan fingerprint density at radius 3 is 2.75 bits per heavy atom. The minimum Gasteiger partial charge on any atom is -0.454 e. The normalized spacial score (nSPS) is 10.1. The van der Waals surface area contributed by atoms with Gasteiger partial charge in [0.05, 0.1) is 11.9 Å². The molecule has 0 fully saturated rings. The van der Waals surface area contributed by atoms with Crippen molar-refractivity contribution >= 4 is 21.6 Å². The highest BCUT2D eigenvalue weighted by atomic mass is 79.9. The molecule has 0 bridgehead atoms. The van der Waals surface area contributed by atoms with Gasteiger partial charge in [0.25, 0.3) is 0 Å². The third-order valence-electron chi connectivity index (χ3n) is 2.07. The van der Waals surface area contributed by atoms with Gasteiger partial charge in [-0.15, -0.1) is 0 Å². The summed E-state index contributed by atoms with van der Waals surface area (Å²) in [7, 11) is 0. The molecule has 1 aromatic heterocycles. The van der Waals surface area contributed by atoms with E-state index in [1.165, 1.54) is 0 Å². The Morgan fingerprint density at radius 1 is 1.25 bits per heavy atom. The second-order valence-corrected chi connectivity index (χ2v) is 4.40. The van der Waals surface area contributed by atoms with Crippen LogP contribution in [-0.2, 0) is 0 Å². The number of pyridine rings is 1. The van der Waals surface area contributed by atoms with Crippen molar-refractivity contribution in [2.24, 2.45) is 0 Å². The average Bonchev–Trinajstić information content (AvgIpc) is 2.22. The van der Waals surface area contributed by atoms with Gasteiger partial charge in [0.2, 0.25) is 0 Å². The highest BCUT2D eigenvalue weighted by molar-refractivity contribution is 9.10. The molecule has 1 heterocycles. The fraction of sp³-hybridized carbons (Fsp3) is 0.0833. The molecule has 3 nitrogen and oxygen atoms in total. The van der Waals surface area contributed by atoms with E-state index in [2.05, 4.69) is 20.9 Å². The van der Waals surface area contributed by atoms with Crippen molar-refractivity contribution < 1.29 is 4.74 Å². The van der Waals surface area contributed by atoms with Crippen LogP contribution in [0.25, 0.3) is 0 Å². The number of halogens is 1. The van der Waals surface area contributed by atoms with Gasteiger partial charge in [-0.05, 0) is 46.6 Å². The largest absolute Gasteiger partial charge is 0.454 e. The molecule has 0 amide bonds. The zero-order chi connectivity index (χ0) is 11.5. The first kappa shape index (κ1) is 11.0. The molecule has 2 aromatic rings. The van der Waals surface area contributed by atoms with Crippen molar-refractivity contribution in [3.05, 3.63) is 46.7 Å². The summed E-state index contributed by atoms with van der Waals surface area (Å²) in [5.74, 6) is 1.30. The van der Waals surface area contributed by atoms with Gasteiger partial charge < -0.3 is 10.5 Å². The highest BCUT2D eigenvalue weighted by Gasteiger charge is 2.02. The third-order valence-corrected chi connectivity index (χ3v) is 2.51. The Labute approximate surface area is 102 Å². The van der Waals surface area contributed by atoms with Gasteiger partial charge in [0, 0.05) is 10.7 Å². The molecule has 0 radical (unpaired) electrons. The molecule has 0 unspecified atom stereocenters. The van der Waals surface area contributed by atoms with E-state index < -0.39 is 0 Å². The van der Waals surface area contributed by atoms with Crippen LogP contribution in [0.1, 0.15) is 5.56 Å². The molecule has 0 saturated carbocycles. The van der Waals surface area contributed by atoms with Crippen molar-refractivity contribution in [3.8, 4) is 11.5 Å². The van der Waals surface area contributed by atoms with E-state index in [0.29, 0.717) is 17.2 Å². The van der Waals surface area contributed by atoms with Gasteiger partial charge in [0.1, 0.15) is 11.5 Å². The number of anilines is 1. The molecule has 2 rings (SSSR count). The SMILES string of the molecule is Cc1ccc(Oc2cncc(Br)c2)c(N)c1. The lowest BCUT2D eigenvalue weighted by atomic mass is 10.2. The molecule has 2 N–H and O–H groups in total. The number of hydrogen-bond acceptors (Lipinski definition) is 3. The van der Waals surface area contributed by atoms with Gasteiger partial charge in [-0.3, -0.25) is 4.98 Å². The molecular formula is C12H11BrN2O. The first-order chi connectivity index (χ1) is 7.65. The maximum atomic E-state index is 5.85. The van der Waals surface area contributed by atoms with Crippen molar-refractivity contribution in [1.82, 2.24) is 4.98 Å². The number of benzene rings is 1. The van der Waals surface area contributed by atoms with Crippen molar-refractivity contribution in [2.75, 3.05) is 5.73 Å². The Kier molecular flexibility index (Phi) is 3.10. The molecular weight excluding hydrogens is 268 g/mol. The number of aryl methyl sites for hydroxylation is 1. The van der Waals surface area contributed by atoms with Crippen LogP contribution in [0.5, 0.6) is 11.5 Å². The lowest BCUT2D eigenvalue weighted by molar-refractivity contribution is 0.482. The van der Waals surface area contributed by atoms with E-state index in [1.54, 1.807) is 12.4 Å². The number of nitrogens with two attached hydrogens (primary N) is 1. The van der Waals surface area contributed by atoms with E-state index in [9.17, 15) is 0 Å². The van der Waals surface area contributed by atoms with Crippen molar-refractivity contribution in [2.45, 2.75) is 6.92 Å². The fourth-order valence-corrected chi connectivity index (χ4v) is 1.68. The molecule has 0 saturated heterocycles. The van der Waals surface area contributed by atoms with Crippen molar-refractivity contribution in [3.63, 3.8) is 0 Å². The van der Waals surface area contributed by atoms with E-state index in [4.69, 9.17) is 10.5 Å². The van der Waals surface area contributed by atoms with Crippen LogP contribution in [-0.4, -0.2) is 4.98 Å². The second kappa shape index (κ2) is 4.53. The number of aromatic nitrogens is 1. The minimum absolute atomic E-state index is 0.625. The lowest BCUT2D eigenvalue weighted by Crippen LogP contribution is -1.93.